The molecule has 0 aromatic rings. The topological polar surface area (TPSA) is 111 Å². The van der Waals surface area contributed by atoms with E-state index in [4.69, 9.17) is 16.3 Å². The van der Waals surface area contributed by atoms with Gasteiger partial charge in [0.25, 0.3) is 0 Å². The van der Waals surface area contributed by atoms with Gasteiger partial charge >= 0.3 is 0 Å². The fourth-order valence-electron chi connectivity index (χ4n) is 4.18. The first kappa shape index (κ1) is 24.2. The van der Waals surface area contributed by atoms with Gasteiger partial charge < -0.3 is 30.7 Å². The third-order valence-corrected chi connectivity index (χ3v) is 7.28. The van der Waals surface area contributed by atoms with Gasteiger partial charge in [-0.25, -0.2) is 0 Å². The molecule has 0 saturated carbocycles. The van der Waals surface area contributed by atoms with Crippen molar-refractivity contribution in [1.82, 2.24) is 10.6 Å². The number of carbonyl (C=O) groups excluding carboxylic acids is 1. The molecule has 0 bridgehead atoms. The Bertz CT molecular complexity index is 513. The summed E-state index contributed by atoms with van der Waals surface area (Å²) >= 11 is 7.56. The lowest BCUT2D eigenvalue weighted by atomic mass is 9.88. The number of amides is 1. The van der Waals surface area contributed by atoms with Crippen LogP contribution in [0.1, 0.15) is 40.0 Å². The predicted molar refractivity (Wildman–Crippen MR) is 111 cm³/mol. The number of aliphatic hydroxyl groups excluding tert-OH is 3. The van der Waals surface area contributed by atoms with E-state index >= 15 is 0 Å². The molecule has 0 aromatic heterocycles. The Hall–Kier alpha value is -0.0900. The lowest BCUT2D eigenvalue weighted by molar-refractivity contribution is -0.205. The van der Waals surface area contributed by atoms with E-state index in [1.807, 2.05) is 0 Å². The number of nitrogens with one attached hydrogen (secondary N) is 2. The van der Waals surface area contributed by atoms with Crippen molar-refractivity contribution in [2.24, 2.45) is 11.8 Å². The first-order valence-electron chi connectivity index (χ1n) is 10.1. The summed E-state index contributed by atoms with van der Waals surface area (Å²) in [4.78, 5) is 12.9. The molecule has 2 rings (SSSR count). The van der Waals surface area contributed by atoms with Crippen molar-refractivity contribution >= 4 is 29.3 Å². The molecule has 2 aliphatic heterocycles. The average Bonchev–Trinajstić information content (AvgIpc) is 2.86. The van der Waals surface area contributed by atoms with E-state index in [0.717, 1.165) is 25.8 Å². The third-order valence-electron chi connectivity index (χ3n) is 6.15. The third kappa shape index (κ3) is 5.53. The highest BCUT2D eigenvalue weighted by molar-refractivity contribution is 7.99. The van der Waals surface area contributed by atoms with Crippen LogP contribution in [-0.4, -0.2) is 81.3 Å². The van der Waals surface area contributed by atoms with Gasteiger partial charge in [0.2, 0.25) is 5.91 Å². The van der Waals surface area contributed by atoms with Crippen LogP contribution in [0.3, 0.4) is 0 Å². The Labute approximate surface area is 176 Å². The monoisotopic (exact) mass is 438 g/mol. The maximum Gasteiger partial charge on any atom is 0.237 e. The summed E-state index contributed by atoms with van der Waals surface area (Å²) in [5.74, 6) is 0.919. The van der Waals surface area contributed by atoms with Crippen molar-refractivity contribution in [2.75, 3.05) is 12.8 Å². The number of thioether (sulfide) groups is 1. The van der Waals surface area contributed by atoms with Gasteiger partial charge in [0.15, 0.2) is 0 Å². The van der Waals surface area contributed by atoms with E-state index in [0.29, 0.717) is 11.8 Å². The Morgan fingerprint density at radius 1 is 1.29 bits per heavy atom. The van der Waals surface area contributed by atoms with E-state index in [1.165, 1.54) is 11.8 Å². The maximum absolute atomic E-state index is 12.9. The fourth-order valence-corrected chi connectivity index (χ4v) is 5.07. The predicted octanol–water partition coefficient (Wildman–Crippen LogP) is 0.683. The highest BCUT2D eigenvalue weighted by atomic mass is 35.5. The number of hydrogen-bond donors (Lipinski definition) is 5. The van der Waals surface area contributed by atoms with E-state index in [2.05, 4.69) is 24.5 Å². The second kappa shape index (κ2) is 10.8. The number of ether oxygens (including phenoxy) is 1. The molecular formula is C19H35ClN2O5S. The SMILES string of the molecule is CCC1CC[C@@H](C(=O)N[C@@H]([C@H]2O[C@H](SC)[C@H](O)[C@@H](O)[C@H]2O)[C@H](C)Cl)NCC1C. The lowest BCUT2D eigenvalue weighted by Gasteiger charge is -2.44. The molecule has 0 aromatic carbocycles. The van der Waals surface area contributed by atoms with Crippen molar-refractivity contribution in [3.8, 4) is 0 Å². The van der Waals surface area contributed by atoms with Gasteiger partial charge in [0.05, 0.1) is 17.5 Å². The minimum atomic E-state index is -1.37. The zero-order chi connectivity index (χ0) is 21.0. The summed E-state index contributed by atoms with van der Waals surface area (Å²) in [7, 11) is 0. The number of carbonyl (C=O) groups is 1. The van der Waals surface area contributed by atoms with Gasteiger partial charge in [-0.1, -0.05) is 20.3 Å². The molecule has 2 saturated heterocycles. The minimum Gasteiger partial charge on any atom is -0.388 e. The van der Waals surface area contributed by atoms with Gasteiger partial charge in [-0.2, -0.15) is 0 Å². The normalized spacial score (nSPS) is 41.7. The van der Waals surface area contributed by atoms with E-state index in [9.17, 15) is 20.1 Å². The van der Waals surface area contributed by atoms with Crippen LogP contribution < -0.4 is 10.6 Å². The quantitative estimate of drug-likeness (QED) is 0.388. The number of hydrogen-bond acceptors (Lipinski definition) is 7. The molecule has 0 spiro atoms. The number of rotatable bonds is 6. The van der Waals surface area contributed by atoms with E-state index in [-0.39, 0.29) is 11.9 Å². The van der Waals surface area contributed by atoms with Crippen LogP contribution in [0.4, 0.5) is 0 Å². The van der Waals surface area contributed by atoms with Gasteiger partial charge in [0, 0.05) is 0 Å². The average molecular weight is 439 g/mol. The highest BCUT2D eigenvalue weighted by Crippen LogP contribution is 2.30. The molecule has 0 aliphatic carbocycles. The van der Waals surface area contributed by atoms with Crippen molar-refractivity contribution in [3.63, 3.8) is 0 Å². The van der Waals surface area contributed by atoms with Crippen molar-refractivity contribution in [3.05, 3.63) is 0 Å². The van der Waals surface area contributed by atoms with Gasteiger partial charge in [-0.05, 0) is 44.4 Å². The fraction of sp³-hybridized carbons (Fsp3) is 0.947. The molecule has 2 aliphatic rings. The highest BCUT2D eigenvalue weighted by Gasteiger charge is 2.48. The van der Waals surface area contributed by atoms with Gasteiger partial charge in [-0.15, -0.1) is 23.4 Å². The first-order valence-corrected chi connectivity index (χ1v) is 11.8. The molecule has 10 atom stereocenters. The number of aliphatic hydroxyl groups is 3. The van der Waals surface area contributed by atoms with Crippen LogP contribution >= 0.6 is 23.4 Å². The van der Waals surface area contributed by atoms with Crippen LogP contribution in [0.2, 0.25) is 0 Å². The summed E-state index contributed by atoms with van der Waals surface area (Å²) in [6.07, 6.45) is -0.290. The van der Waals surface area contributed by atoms with Crippen LogP contribution in [-0.2, 0) is 9.53 Å². The molecular weight excluding hydrogens is 404 g/mol. The Kier molecular flexibility index (Phi) is 9.32. The largest absolute Gasteiger partial charge is 0.388 e. The summed E-state index contributed by atoms with van der Waals surface area (Å²) in [6, 6.07) is -1.03. The van der Waals surface area contributed by atoms with E-state index < -0.39 is 41.3 Å². The van der Waals surface area contributed by atoms with Crippen molar-refractivity contribution in [1.29, 1.82) is 0 Å². The van der Waals surface area contributed by atoms with Gasteiger partial charge in [0.1, 0.15) is 29.9 Å². The molecule has 1 amide bonds. The Morgan fingerprint density at radius 3 is 2.54 bits per heavy atom. The minimum absolute atomic E-state index is 0.182. The lowest BCUT2D eigenvalue weighted by Crippen LogP contribution is -2.65. The molecule has 7 nitrogen and oxygen atoms in total. The first-order chi connectivity index (χ1) is 13.2. The standard InChI is InChI=1S/C19H35ClN2O5S/c1-5-11-6-7-12(21-8-9(11)2)18(26)22-13(10(3)20)17-15(24)14(23)16(25)19(27-17)28-4/h9-17,19,21,23-25H,5-8H2,1-4H3,(H,22,26)/t9?,10-,11?,12-,13+,14-,15+,16+,17+,19+/m0/s1. The van der Waals surface area contributed by atoms with Crippen molar-refractivity contribution < 1.29 is 24.9 Å². The van der Waals surface area contributed by atoms with Gasteiger partial charge in [-0.3, -0.25) is 4.79 Å². The molecule has 164 valence electrons. The molecule has 5 N–H and O–H groups in total. The Morgan fingerprint density at radius 2 is 1.96 bits per heavy atom. The smallest absolute Gasteiger partial charge is 0.237 e. The maximum atomic E-state index is 12.9. The second-order valence-electron chi connectivity index (χ2n) is 8.07. The molecule has 2 fully saturated rings. The van der Waals surface area contributed by atoms with Crippen LogP contribution in [0.5, 0.6) is 0 Å². The van der Waals surface area contributed by atoms with Crippen molar-refractivity contribution in [2.45, 2.75) is 87.3 Å². The van der Waals surface area contributed by atoms with Crippen LogP contribution in [0.25, 0.3) is 0 Å². The summed E-state index contributed by atoms with van der Waals surface area (Å²) < 4.78 is 5.80. The summed E-state index contributed by atoms with van der Waals surface area (Å²) in [5, 5.41) is 36.4. The second-order valence-corrected chi connectivity index (χ2v) is 9.70. The van der Waals surface area contributed by atoms with Crippen LogP contribution in [0.15, 0.2) is 0 Å². The molecule has 0 radical (unpaired) electrons. The zero-order valence-corrected chi connectivity index (χ0v) is 18.6. The number of halogens is 1. The van der Waals surface area contributed by atoms with E-state index in [1.54, 1.807) is 13.2 Å². The molecule has 2 unspecified atom stereocenters. The summed E-state index contributed by atoms with van der Waals surface area (Å²) in [5.41, 5.74) is -0.708. The molecule has 28 heavy (non-hydrogen) atoms. The number of alkyl halides is 1. The zero-order valence-electron chi connectivity index (χ0n) is 17.0. The summed E-state index contributed by atoms with van der Waals surface area (Å²) in [6.45, 7) is 6.87. The molecule has 9 heteroatoms. The Balaban J connectivity index is 2.08. The molecule has 2 heterocycles. The van der Waals surface area contributed by atoms with Crippen LogP contribution in [0, 0.1) is 11.8 Å².